The zero-order valence-electron chi connectivity index (χ0n) is 12.8. The van der Waals surface area contributed by atoms with Crippen LogP contribution in [-0.2, 0) is 6.54 Å². The molecule has 0 unspecified atom stereocenters. The highest BCUT2D eigenvalue weighted by atomic mass is 35.5. The Morgan fingerprint density at radius 3 is 2.14 bits per heavy atom. The molecule has 0 heterocycles. The molecule has 1 N–H and O–H groups in total. The number of halogens is 2. The molecule has 0 saturated carbocycles. The van der Waals surface area contributed by atoms with Crippen LogP contribution in [0.1, 0.15) is 19.4 Å². The summed E-state index contributed by atoms with van der Waals surface area (Å²) < 4.78 is 10.8. The Hall–Kier alpha value is -1.58. The summed E-state index contributed by atoms with van der Waals surface area (Å²) in [4.78, 5) is 0. The summed E-state index contributed by atoms with van der Waals surface area (Å²) >= 11 is 12.5. The van der Waals surface area contributed by atoms with Gasteiger partial charge in [-0.05, 0) is 55.8 Å². The normalized spacial score (nSPS) is 10.6. The molecule has 2 aromatic carbocycles. The van der Waals surface area contributed by atoms with E-state index in [1.54, 1.807) is 7.11 Å². The van der Waals surface area contributed by atoms with Crippen molar-refractivity contribution in [2.45, 2.75) is 26.5 Å². The van der Waals surface area contributed by atoms with Crippen LogP contribution in [0.15, 0.2) is 36.4 Å². The molecule has 0 radical (unpaired) electrons. The second-order valence-corrected chi connectivity index (χ2v) is 5.95. The SMILES string of the molecule is COc1ccc(NCc2cc(Cl)c(OC(C)C)c(Cl)c2)cc1. The minimum Gasteiger partial charge on any atom is -0.497 e. The fraction of sp³-hybridized carbons (Fsp3) is 0.294. The van der Waals surface area contributed by atoms with E-state index < -0.39 is 0 Å². The third-order valence-corrected chi connectivity index (χ3v) is 3.56. The van der Waals surface area contributed by atoms with E-state index in [9.17, 15) is 0 Å². The summed E-state index contributed by atoms with van der Waals surface area (Å²) in [6, 6.07) is 11.4. The highest BCUT2D eigenvalue weighted by molar-refractivity contribution is 6.37. The Bertz CT molecular complexity index is 604. The van der Waals surface area contributed by atoms with E-state index in [-0.39, 0.29) is 6.10 Å². The molecule has 0 amide bonds. The van der Waals surface area contributed by atoms with Crippen molar-refractivity contribution in [3.63, 3.8) is 0 Å². The average Bonchev–Trinajstić information content (AvgIpc) is 2.49. The van der Waals surface area contributed by atoms with Crippen LogP contribution < -0.4 is 14.8 Å². The number of hydrogen-bond acceptors (Lipinski definition) is 3. The van der Waals surface area contributed by atoms with Crippen LogP contribution in [0, 0.1) is 0 Å². The largest absolute Gasteiger partial charge is 0.497 e. The summed E-state index contributed by atoms with van der Waals surface area (Å²) in [5.74, 6) is 1.36. The minimum atomic E-state index is 0.0262. The molecule has 0 spiro atoms. The maximum atomic E-state index is 6.25. The van der Waals surface area contributed by atoms with Gasteiger partial charge in [-0.3, -0.25) is 0 Å². The lowest BCUT2D eigenvalue weighted by Crippen LogP contribution is -2.07. The first-order valence-electron chi connectivity index (χ1n) is 7.02. The quantitative estimate of drug-likeness (QED) is 0.764. The number of hydrogen-bond donors (Lipinski definition) is 1. The van der Waals surface area contributed by atoms with Crippen molar-refractivity contribution < 1.29 is 9.47 Å². The smallest absolute Gasteiger partial charge is 0.156 e. The van der Waals surface area contributed by atoms with Crippen LogP contribution in [-0.4, -0.2) is 13.2 Å². The van der Waals surface area contributed by atoms with Gasteiger partial charge in [0.1, 0.15) is 5.75 Å². The zero-order chi connectivity index (χ0) is 16.1. The lowest BCUT2D eigenvalue weighted by Gasteiger charge is -2.15. The first-order valence-corrected chi connectivity index (χ1v) is 7.77. The predicted molar refractivity (Wildman–Crippen MR) is 92.5 cm³/mol. The van der Waals surface area contributed by atoms with Crippen LogP contribution in [0.2, 0.25) is 10.0 Å². The van der Waals surface area contributed by atoms with Gasteiger partial charge in [-0.15, -0.1) is 0 Å². The molecule has 0 aliphatic carbocycles. The highest BCUT2D eigenvalue weighted by Gasteiger charge is 2.11. The Morgan fingerprint density at radius 2 is 1.64 bits per heavy atom. The van der Waals surface area contributed by atoms with Crippen molar-refractivity contribution in [3.05, 3.63) is 52.0 Å². The second-order valence-electron chi connectivity index (χ2n) is 5.14. The molecule has 0 bridgehead atoms. The van der Waals surface area contributed by atoms with Crippen LogP contribution in [0.4, 0.5) is 5.69 Å². The molecule has 0 aliphatic rings. The van der Waals surface area contributed by atoms with E-state index in [0.717, 1.165) is 17.0 Å². The van der Waals surface area contributed by atoms with Crippen LogP contribution in [0.3, 0.4) is 0 Å². The first-order chi connectivity index (χ1) is 10.5. The maximum absolute atomic E-state index is 6.25. The van der Waals surface area contributed by atoms with Gasteiger partial charge in [-0.25, -0.2) is 0 Å². The van der Waals surface area contributed by atoms with Gasteiger partial charge < -0.3 is 14.8 Å². The standard InChI is InChI=1S/C17H19Cl2NO2/c1-11(2)22-17-15(18)8-12(9-16(17)19)10-20-13-4-6-14(21-3)7-5-13/h4-9,11,20H,10H2,1-3H3. The van der Waals surface area contributed by atoms with Gasteiger partial charge in [0.05, 0.1) is 23.3 Å². The van der Waals surface area contributed by atoms with Crippen molar-refractivity contribution in [2.75, 3.05) is 12.4 Å². The minimum absolute atomic E-state index is 0.0262. The number of ether oxygens (including phenoxy) is 2. The topological polar surface area (TPSA) is 30.5 Å². The summed E-state index contributed by atoms with van der Waals surface area (Å²) in [5, 5.41) is 4.36. The van der Waals surface area contributed by atoms with Gasteiger partial charge in [0.2, 0.25) is 0 Å². The molecule has 5 heteroatoms. The Labute approximate surface area is 141 Å². The summed E-state index contributed by atoms with van der Waals surface area (Å²) in [6.07, 6.45) is 0.0262. The van der Waals surface area contributed by atoms with Crippen molar-refractivity contribution in [3.8, 4) is 11.5 Å². The molecule has 3 nitrogen and oxygen atoms in total. The fourth-order valence-corrected chi connectivity index (χ4v) is 2.60. The molecule has 0 fully saturated rings. The van der Waals surface area contributed by atoms with E-state index >= 15 is 0 Å². The molecule has 22 heavy (non-hydrogen) atoms. The third kappa shape index (κ3) is 4.46. The van der Waals surface area contributed by atoms with Crippen LogP contribution in [0.5, 0.6) is 11.5 Å². The molecule has 0 aliphatic heterocycles. The molecule has 118 valence electrons. The number of rotatable bonds is 6. The Morgan fingerprint density at radius 1 is 1.05 bits per heavy atom. The Balaban J connectivity index is 2.06. The summed E-state index contributed by atoms with van der Waals surface area (Å²) in [7, 11) is 1.65. The van der Waals surface area contributed by atoms with Gasteiger partial charge in [-0.1, -0.05) is 23.2 Å². The van der Waals surface area contributed by atoms with Gasteiger partial charge in [-0.2, -0.15) is 0 Å². The predicted octanol–water partition coefficient (Wildman–Crippen LogP) is 5.40. The van der Waals surface area contributed by atoms with E-state index in [0.29, 0.717) is 22.3 Å². The van der Waals surface area contributed by atoms with Gasteiger partial charge >= 0.3 is 0 Å². The number of methoxy groups -OCH3 is 1. The number of benzene rings is 2. The first kappa shape index (κ1) is 16.8. The van der Waals surface area contributed by atoms with E-state index in [2.05, 4.69) is 5.32 Å². The zero-order valence-corrected chi connectivity index (χ0v) is 14.3. The van der Waals surface area contributed by atoms with Gasteiger partial charge in [0.25, 0.3) is 0 Å². The van der Waals surface area contributed by atoms with Crippen molar-refractivity contribution >= 4 is 28.9 Å². The van der Waals surface area contributed by atoms with E-state index in [1.807, 2.05) is 50.2 Å². The second kappa shape index (κ2) is 7.61. The highest BCUT2D eigenvalue weighted by Crippen LogP contribution is 2.35. The van der Waals surface area contributed by atoms with Crippen molar-refractivity contribution in [1.29, 1.82) is 0 Å². The molecule has 2 rings (SSSR count). The number of nitrogens with one attached hydrogen (secondary N) is 1. The van der Waals surface area contributed by atoms with E-state index in [4.69, 9.17) is 32.7 Å². The average molecular weight is 340 g/mol. The van der Waals surface area contributed by atoms with Crippen LogP contribution >= 0.6 is 23.2 Å². The molecular weight excluding hydrogens is 321 g/mol. The van der Waals surface area contributed by atoms with Crippen LogP contribution in [0.25, 0.3) is 0 Å². The van der Waals surface area contributed by atoms with Gasteiger partial charge in [0, 0.05) is 12.2 Å². The van der Waals surface area contributed by atoms with Crippen molar-refractivity contribution in [2.24, 2.45) is 0 Å². The lowest BCUT2D eigenvalue weighted by molar-refractivity contribution is 0.242. The lowest BCUT2D eigenvalue weighted by atomic mass is 10.2. The van der Waals surface area contributed by atoms with E-state index in [1.165, 1.54) is 0 Å². The molecule has 0 saturated heterocycles. The third-order valence-electron chi connectivity index (χ3n) is 3.00. The Kier molecular flexibility index (Phi) is 5.81. The van der Waals surface area contributed by atoms with Crippen molar-refractivity contribution in [1.82, 2.24) is 0 Å². The monoisotopic (exact) mass is 339 g/mol. The molecule has 2 aromatic rings. The summed E-state index contributed by atoms with van der Waals surface area (Å²) in [6.45, 7) is 4.49. The molecule has 0 aromatic heterocycles. The maximum Gasteiger partial charge on any atom is 0.156 e. The fourth-order valence-electron chi connectivity index (χ4n) is 1.98. The summed E-state index contributed by atoms with van der Waals surface area (Å²) in [5.41, 5.74) is 1.98. The molecule has 0 atom stereocenters. The van der Waals surface area contributed by atoms with Gasteiger partial charge in [0.15, 0.2) is 5.75 Å². The number of anilines is 1. The molecular formula is C17H19Cl2NO2.